The molecule has 5 rings (SSSR count). The fourth-order valence-corrected chi connectivity index (χ4v) is 5.68. The van der Waals surface area contributed by atoms with Crippen molar-refractivity contribution >= 4 is 38.8 Å². The minimum Gasteiger partial charge on any atom is -0.364 e. The second-order valence-corrected chi connectivity index (χ2v) is 9.13. The van der Waals surface area contributed by atoms with E-state index in [1.165, 1.54) is 10.4 Å². The summed E-state index contributed by atoms with van der Waals surface area (Å²) in [6.07, 6.45) is 0.903. The van der Waals surface area contributed by atoms with Crippen molar-refractivity contribution in [2.45, 2.75) is 19.1 Å². The third-order valence-corrected chi connectivity index (χ3v) is 7.20. The average molecular weight is 421 g/mol. The van der Waals surface area contributed by atoms with Crippen LogP contribution in [0.5, 0.6) is 0 Å². The van der Waals surface area contributed by atoms with Crippen LogP contribution in [-0.2, 0) is 22.6 Å². The first-order valence-electron chi connectivity index (χ1n) is 9.62. The lowest BCUT2D eigenvalue weighted by Gasteiger charge is -2.36. The van der Waals surface area contributed by atoms with E-state index in [2.05, 4.69) is 34.6 Å². The van der Waals surface area contributed by atoms with Gasteiger partial charge in [-0.05, 0) is 41.1 Å². The van der Waals surface area contributed by atoms with Crippen LogP contribution in [0.25, 0.3) is 10.2 Å². The van der Waals surface area contributed by atoms with Gasteiger partial charge >= 0.3 is 0 Å². The van der Waals surface area contributed by atoms with Crippen molar-refractivity contribution in [3.63, 3.8) is 0 Å². The zero-order chi connectivity index (χ0) is 19.6. The van der Waals surface area contributed by atoms with Crippen molar-refractivity contribution in [1.29, 1.82) is 0 Å². The van der Waals surface area contributed by atoms with Gasteiger partial charge in [-0.25, -0.2) is 4.98 Å². The summed E-state index contributed by atoms with van der Waals surface area (Å²) in [7, 11) is 0. The largest absolute Gasteiger partial charge is 0.364 e. The highest BCUT2D eigenvalue weighted by molar-refractivity contribution is 7.18. The molecule has 2 aromatic carbocycles. The summed E-state index contributed by atoms with van der Waals surface area (Å²) >= 11 is 3.39. The number of carbonyl (C=O) groups excluding carboxylic acids is 1. The number of aromatic nitrogens is 1. The van der Waals surface area contributed by atoms with Gasteiger partial charge in [-0.1, -0.05) is 42.5 Å². The Bertz CT molecular complexity index is 1100. The summed E-state index contributed by atoms with van der Waals surface area (Å²) < 4.78 is 6.92. The van der Waals surface area contributed by atoms with E-state index in [4.69, 9.17) is 4.74 Å². The first kappa shape index (κ1) is 18.5. The highest BCUT2D eigenvalue weighted by atomic mass is 32.1. The lowest BCUT2D eigenvalue weighted by Crippen LogP contribution is -2.41. The normalized spacial score (nSPS) is 16.1. The van der Waals surface area contributed by atoms with Crippen LogP contribution >= 0.6 is 22.7 Å². The van der Waals surface area contributed by atoms with E-state index in [1.54, 1.807) is 22.7 Å². The third-order valence-electron chi connectivity index (χ3n) is 5.19. The van der Waals surface area contributed by atoms with E-state index in [0.29, 0.717) is 6.61 Å². The number of nitrogens with zero attached hydrogens (tertiary/aromatic N) is 2. The molecule has 1 aliphatic rings. The van der Waals surface area contributed by atoms with Crippen LogP contribution in [-0.4, -0.2) is 28.9 Å². The smallest absolute Gasteiger partial charge is 0.249 e. The molecule has 0 saturated carbocycles. The van der Waals surface area contributed by atoms with E-state index in [0.717, 1.165) is 33.8 Å². The fraction of sp³-hybridized carbons (Fsp3) is 0.217. The Morgan fingerprint density at radius 1 is 1.10 bits per heavy atom. The summed E-state index contributed by atoms with van der Waals surface area (Å²) in [6.45, 7) is 1.15. The molecule has 6 heteroatoms. The number of thiazole rings is 1. The van der Waals surface area contributed by atoms with Crippen LogP contribution < -0.4 is 0 Å². The van der Waals surface area contributed by atoms with Crippen molar-refractivity contribution in [3.8, 4) is 0 Å². The Labute approximate surface area is 177 Å². The molecule has 29 heavy (non-hydrogen) atoms. The zero-order valence-corrected chi connectivity index (χ0v) is 17.4. The number of rotatable bonds is 5. The number of hydrogen-bond acceptors (Lipinski definition) is 5. The number of ether oxygens (including phenoxy) is 1. The topological polar surface area (TPSA) is 42.4 Å². The van der Waals surface area contributed by atoms with Crippen LogP contribution in [0, 0.1) is 0 Å². The van der Waals surface area contributed by atoms with Gasteiger partial charge in [0.1, 0.15) is 11.6 Å². The summed E-state index contributed by atoms with van der Waals surface area (Å²) in [5.74, 6) is 0.0248. The molecule has 4 nitrogen and oxygen atoms in total. The molecule has 0 fully saturated rings. The van der Waals surface area contributed by atoms with Crippen molar-refractivity contribution in [1.82, 2.24) is 9.88 Å². The summed E-state index contributed by atoms with van der Waals surface area (Å²) in [4.78, 5) is 21.0. The van der Waals surface area contributed by atoms with E-state index in [1.807, 2.05) is 41.3 Å². The van der Waals surface area contributed by atoms with Crippen molar-refractivity contribution in [3.05, 3.63) is 87.1 Å². The number of carbonyl (C=O) groups is 1. The molecule has 1 atom stereocenters. The first-order chi connectivity index (χ1) is 14.3. The Kier molecular flexibility index (Phi) is 5.14. The molecule has 0 spiro atoms. The van der Waals surface area contributed by atoms with Crippen LogP contribution in [0.3, 0.4) is 0 Å². The molecule has 1 aliphatic heterocycles. The fourth-order valence-electron chi connectivity index (χ4n) is 3.87. The number of amides is 1. The minimum atomic E-state index is -0.0373. The van der Waals surface area contributed by atoms with Gasteiger partial charge in [-0.2, -0.15) is 0 Å². The molecule has 2 aromatic heterocycles. The maximum Gasteiger partial charge on any atom is 0.249 e. The number of benzene rings is 2. The SMILES string of the molecule is O=C(COCc1nc2ccccc2s1)N1CCc2sccc2C1c1ccccc1. The second-order valence-electron chi connectivity index (χ2n) is 7.02. The quantitative estimate of drug-likeness (QED) is 0.454. The Hall–Kier alpha value is -2.54. The van der Waals surface area contributed by atoms with E-state index in [9.17, 15) is 4.79 Å². The molecule has 0 saturated heterocycles. The van der Waals surface area contributed by atoms with Crippen molar-refractivity contribution in [2.75, 3.05) is 13.2 Å². The number of fused-ring (bicyclic) bond motifs is 2. The molecule has 1 unspecified atom stereocenters. The van der Waals surface area contributed by atoms with E-state index >= 15 is 0 Å². The van der Waals surface area contributed by atoms with Gasteiger partial charge in [0, 0.05) is 11.4 Å². The number of para-hydroxylation sites is 1. The molecule has 3 heterocycles. The highest BCUT2D eigenvalue weighted by Gasteiger charge is 2.32. The van der Waals surface area contributed by atoms with Gasteiger partial charge in [0.2, 0.25) is 5.91 Å². The van der Waals surface area contributed by atoms with Crippen molar-refractivity contribution in [2.24, 2.45) is 0 Å². The van der Waals surface area contributed by atoms with Gasteiger partial charge in [-0.15, -0.1) is 22.7 Å². The molecular formula is C23H20N2O2S2. The van der Waals surface area contributed by atoms with Crippen LogP contribution in [0.2, 0.25) is 0 Å². The standard InChI is InChI=1S/C23H20N2O2S2/c26-22(15-27-14-21-24-18-8-4-5-9-20(18)29-21)25-12-10-19-17(11-13-28-19)23(25)16-6-2-1-3-7-16/h1-9,11,13,23H,10,12,14-15H2. The molecule has 0 bridgehead atoms. The Morgan fingerprint density at radius 2 is 1.93 bits per heavy atom. The van der Waals surface area contributed by atoms with E-state index in [-0.39, 0.29) is 18.6 Å². The van der Waals surface area contributed by atoms with Gasteiger partial charge < -0.3 is 9.64 Å². The molecular weight excluding hydrogens is 400 g/mol. The highest BCUT2D eigenvalue weighted by Crippen LogP contribution is 2.37. The molecule has 146 valence electrons. The number of hydrogen-bond donors (Lipinski definition) is 0. The molecule has 0 radical (unpaired) electrons. The second kappa shape index (κ2) is 8.06. The van der Waals surface area contributed by atoms with Gasteiger partial charge in [0.05, 0.1) is 22.9 Å². The van der Waals surface area contributed by atoms with Crippen LogP contribution in [0.1, 0.15) is 27.1 Å². The van der Waals surface area contributed by atoms with Gasteiger partial charge in [-0.3, -0.25) is 4.79 Å². The molecule has 0 aliphatic carbocycles. The van der Waals surface area contributed by atoms with Crippen molar-refractivity contribution < 1.29 is 9.53 Å². The summed E-state index contributed by atoms with van der Waals surface area (Å²) in [5.41, 5.74) is 3.37. The lowest BCUT2D eigenvalue weighted by molar-refractivity contribution is -0.138. The van der Waals surface area contributed by atoms with Gasteiger partial charge in [0.25, 0.3) is 0 Å². The zero-order valence-electron chi connectivity index (χ0n) is 15.8. The number of thiophene rings is 1. The maximum absolute atomic E-state index is 13.1. The summed E-state index contributed by atoms with van der Waals surface area (Å²) in [6, 6.07) is 20.4. The van der Waals surface area contributed by atoms with E-state index < -0.39 is 0 Å². The third kappa shape index (κ3) is 3.71. The summed E-state index contributed by atoms with van der Waals surface area (Å²) in [5, 5.41) is 3.02. The predicted molar refractivity (Wildman–Crippen MR) is 117 cm³/mol. The molecule has 4 aromatic rings. The monoisotopic (exact) mass is 420 g/mol. The lowest BCUT2D eigenvalue weighted by atomic mass is 9.93. The van der Waals surface area contributed by atoms with Crippen LogP contribution in [0.15, 0.2) is 66.0 Å². The Morgan fingerprint density at radius 3 is 2.79 bits per heavy atom. The van der Waals surface area contributed by atoms with Crippen LogP contribution in [0.4, 0.5) is 0 Å². The predicted octanol–water partition coefficient (Wildman–Crippen LogP) is 5.05. The van der Waals surface area contributed by atoms with Gasteiger partial charge in [0.15, 0.2) is 0 Å². The minimum absolute atomic E-state index is 0.0248. The Balaban J connectivity index is 1.30. The molecule has 0 N–H and O–H groups in total. The maximum atomic E-state index is 13.1. The first-order valence-corrected chi connectivity index (χ1v) is 11.3. The average Bonchev–Trinajstić information content (AvgIpc) is 3.40. The molecule has 1 amide bonds.